The lowest BCUT2D eigenvalue weighted by Crippen LogP contribution is -1.77. The van der Waals surface area contributed by atoms with Crippen molar-refractivity contribution in [1.29, 1.82) is 0 Å². The van der Waals surface area contributed by atoms with Gasteiger partial charge in [-0.25, -0.2) is 19.9 Å². The molecule has 2 aliphatic heterocycles. The number of aromatic amines is 2. The van der Waals surface area contributed by atoms with Gasteiger partial charge in [-0.2, -0.15) is 0 Å². The molecule has 8 bridgehead atoms. The van der Waals surface area contributed by atoms with E-state index in [1.165, 1.54) is 18.4 Å². The number of oxazole rings is 2. The van der Waals surface area contributed by atoms with Gasteiger partial charge in [0.25, 0.3) is 0 Å². The van der Waals surface area contributed by atoms with Crippen LogP contribution in [0.5, 0.6) is 0 Å². The number of fused-ring (bicyclic) bond motifs is 10. The van der Waals surface area contributed by atoms with Crippen molar-refractivity contribution in [2.75, 3.05) is 0 Å². The van der Waals surface area contributed by atoms with E-state index in [2.05, 4.69) is 80.6 Å². The molecular weight excluding hydrogens is 596 g/mol. The zero-order valence-electron chi connectivity index (χ0n) is 25.6. The fourth-order valence-corrected chi connectivity index (χ4v) is 5.48. The maximum Gasteiger partial charge on any atom is 0.181 e. The Balaban J connectivity index is 0.000000150. The lowest BCUT2D eigenvalue weighted by molar-refractivity contribution is 0.602. The van der Waals surface area contributed by atoms with Crippen molar-refractivity contribution >= 4 is 68.6 Å². The van der Waals surface area contributed by atoms with Crippen molar-refractivity contribution in [3.63, 3.8) is 0 Å². The number of nitrogens with one attached hydrogen (secondary N) is 2. The van der Waals surface area contributed by atoms with Gasteiger partial charge in [-0.1, -0.05) is 54.6 Å². The van der Waals surface area contributed by atoms with Crippen LogP contribution in [-0.2, 0) is 0 Å². The third kappa shape index (κ3) is 6.45. The van der Waals surface area contributed by atoms with Crippen LogP contribution < -0.4 is 0 Å². The lowest BCUT2D eigenvalue weighted by Gasteiger charge is -1.97. The summed E-state index contributed by atoms with van der Waals surface area (Å²) in [5.74, 6) is 0. The molecule has 5 aromatic heterocycles. The van der Waals surface area contributed by atoms with E-state index in [9.17, 15) is 0 Å². The second-order valence-electron chi connectivity index (χ2n) is 11.1. The van der Waals surface area contributed by atoms with Crippen molar-refractivity contribution in [1.82, 2.24) is 29.9 Å². The third-order valence-electron chi connectivity index (χ3n) is 7.73. The van der Waals surface area contributed by atoms with Gasteiger partial charge in [0.1, 0.15) is 11.0 Å². The van der Waals surface area contributed by atoms with Gasteiger partial charge in [0.15, 0.2) is 24.0 Å². The molecule has 0 atom stereocenters. The first-order valence-electron chi connectivity index (χ1n) is 15.4. The van der Waals surface area contributed by atoms with Crippen LogP contribution in [0, 0.1) is 0 Å². The van der Waals surface area contributed by atoms with Crippen LogP contribution in [0.4, 0.5) is 0 Å². The molecule has 48 heavy (non-hydrogen) atoms. The summed E-state index contributed by atoms with van der Waals surface area (Å²) in [5.41, 5.74) is 13.6. The van der Waals surface area contributed by atoms with Gasteiger partial charge in [0.2, 0.25) is 0 Å². The number of rotatable bonds is 1. The topological polar surface area (TPSA) is 109 Å². The molecule has 2 N–H and O–H groups in total. The number of hydrogen-bond acceptors (Lipinski definition) is 6. The van der Waals surface area contributed by atoms with Gasteiger partial charge in [0.05, 0.1) is 22.8 Å². The zero-order valence-corrected chi connectivity index (χ0v) is 25.6. The first kappa shape index (κ1) is 28.7. The second kappa shape index (κ2) is 12.9. The van der Waals surface area contributed by atoms with Crippen molar-refractivity contribution in [2.45, 2.75) is 0 Å². The molecule has 8 aromatic rings. The Labute approximate surface area is 274 Å². The van der Waals surface area contributed by atoms with E-state index < -0.39 is 0 Å². The number of nitrogens with zero attached hydrogens (tertiary/aromatic N) is 4. The zero-order chi connectivity index (χ0) is 32.1. The van der Waals surface area contributed by atoms with Gasteiger partial charge >= 0.3 is 0 Å². The number of aromatic nitrogens is 6. The Bertz CT molecular complexity index is 2460. The average molecular weight is 625 g/mol. The van der Waals surface area contributed by atoms with Crippen LogP contribution in [0.2, 0.25) is 0 Å². The molecular formula is C40H28N6O2. The van der Waals surface area contributed by atoms with Gasteiger partial charge < -0.3 is 18.8 Å². The molecule has 3 aromatic carbocycles. The van der Waals surface area contributed by atoms with Crippen LogP contribution in [0.3, 0.4) is 0 Å². The molecule has 8 heteroatoms. The van der Waals surface area contributed by atoms with Crippen LogP contribution in [0.25, 0.3) is 79.7 Å². The maximum absolute atomic E-state index is 5.01. The van der Waals surface area contributed by atoms with Gasteiger partial charge in [0, 0.05) is 27.6 Å². The van der Waals surface area contributed by atoms with Crippen molar-refractivity contribution in [3.8, 4) is 11.1 Å². The Morgan fingerprint density at radius 1 is 0.438 bits per heavy atom. The highest BCUT2D eigenvalue weighted by atomic mass is 16.3. The Morgan fingerprint density at radius 3 is 1.50 bits per heavy atom. The molecule has 0 saturated heterocycles. The molecule has 8 nitrogen and oxygen atoms in total. The van der Waals surface area contributed by atoms with E-state index >= 15 is 0 Å². The highest BCUT2D eigenvalue weighted by Gasteiger charge is 2.07. The summed E-state index contributed by atoms with van der Waals surface area (Å²) < 4.78 is 10.0. The van der Waals surface area contributed by atoms with E-state index in [1.807, 2.05) is 85.0 Å². The number of para-hydroxylation sites is 4. The van der Waals surface area contributed by atoms with Crippen LogP contribution in [0.15, 0.2) is 143 Å². The van der Waals surface area contributed by atoms with Crippen molar-refractivity contribution in [3.05, 3.63) is 157 Å². The maximum atomic E-state index is 5.01. The Morgan fingerprint density at radius 2 is 0.938 bits per heavy atom. The van der Waals surface area contributed by atoms with Gasteiger partial charge in [-0.05, 0) is 96.6 Å². The summed E-state index contributed by atoms with van der Waals surface area (Å²) in [7, 11) is 0. The predicted octanol–water partition coefficient (Wildman–Crippen LogP) is 9.98. The van der Waals surface area contributed by atoms with Gasteiger partial charge in [-0.15, -0.1) is 0 Å². The molecule has 10 rings (SSSR count). The monoisotopic (exact) mass is 624 g/mol. The standard InChI is InChI=1S/C26H18N4.2C7H5NO/c1-2-4-17(5-3-1)25-15-24-14-22-9-8-20(28-22)12-18-6-7-19(27-18)13-21-10-11-23(29-21)16-26(25)30-24;2*1-2-4-7-6(3-1)8-5-9-7/h1-16,27,30H;2*1-5H. The van der Waals surface area contributed by atoms with E-state index in [0.29, 0.717) is 0 Å². The predicted molar refractivity (Wildman–Crippen MR) is 192 cm³/mol. The van der Waals surface area contributed by atoms with E-state index in [4.69, 9.17) is 18.8 Å². The van der Waals surface area contributed by atoms with Crippen LogP contribution >= 0.6 is 0 Å². The lowest BCUT2D eigenvalue weighted by atomic mass is 10.1. The molecule has 0 saturated carbocycles. The third-order valence-corrected chi connectivity index (χ3v) is 7.73. The molecule has 0 unspecified atom stereocenters. The van der Waals surface area contributed by atoms with Crippen molar-refractivity contribution in [2.24, 2.45) is 0 Å². The minimum Gasteiger partial charge on any atom is -0.443 e. The molecule has 0 radical (unpaired) electrons. The number of hydrogen-bond donors (Lipinski definition) is 2. The summed E-state index contributed by atoms with van der Waals surface area (Å²) in [6.07, 6.45) is 11.1. The highest BCUT2D eigenvalue weighted by Crippen LogP contribution is 2.27. The fraction of sp³-hybridized carbons (Fsp3) is 0. The largest absolute Gasteiger partial charge is 0.443 e. The van der Waals surface area contributed by atoms with E-state index in [1.54, 1.807) is 0 Å². The molecule has 0 spiro atoms. The summed E-state index contributed by atoms with van der Waals surface area (Å²) in [6, 6.07) is 40.3. The normalized spacial score (nSPS) is 11.6. The summed E-state index contributed by atoms with van der Waals surface area (Å²) in [6.45, 7) is 0. The van der Waals surface area contributed by atoms with Gasteiger partial charge in [-0.3, -0.25) is 0 Å². The molecule has 0 aliphatic carbocycles. The Hall–Kier alpha value is -6.80. The summed E-state index contributed by atoms with van der Waals surface area (Å²) in [4.78, 5) is 24.4. The molecule has 0 amide bonds. The molecule has 230 valence electrons. The Kier molecular flexibility index (Phi) is 7.70. The highest BCUT2D eigenvalue weighted by molar-refractivity contribution is 5.87. The number of H-pyrrole nitrogens is 2. The number of benzene rings is 3. The minimum absolute atomic E-state index is 0.845. The van der Waals surface area contributed by atoms with Crippen LogP contribution in [0.1, 0.15) is 22.8 Å². The smallest absolute Gasteiger partial charge is 0.181 e. The van der Waals surface area contributed by atoms with Crippen molar-refractivity contribution < 1.29 is 8.83 Å². The quantitative estimate of drug-likeness (QED) is 0.188. The van der Waals surface area contributed by atoms with E-state index in [-0.39, 0.29) is 0 Å². The fourth-order valence-electron chi connectivity index (χ4n) is 5.48. The van der Waals surface area contributed by atoms with E-state index in [0.717, 1.165) is 72.6 Å². The first-order chi connectivity index (χ1) is 23.7. The minimum atomic E-state index is 0.845. The van der Waals surface area contributed by atoms with Crippen LogP contribution in [-0.4, -0.2) is 29.9 Å². The summed E-state index contributed by atoms with van der Waals surface area (Å²) in [5, 5.41) is 0. The molecule has 7 heterocycles. The average Bonchev–Trinajstić information content (AvgIpc) is 3.97. The molecule has 0 fully saturated rings. The second-order valence-corrected chi connectivity index (χ2v) is 11.1. The molecule has 2 aliphatic rings. The summed E-state index contributed by atoms with van der Waals surface area (Å²) >= 11 is 0. The first-order valence-corrected chi connectivity index (χ1v) is 15.4. The SMILES string of the molecule is C1=Cc2cc3cc(-c4ccccc4)c(cc4nc(cc5ccc(cc1n2)[nH]5)C=C4)[nH]3.c1ccc2ocnc2c1.c1ccc2ocnc2c1.